The number of aromatic nitrogens is 1. The quantitative estimate of drug-likeness (QED) is 0.318. The number of carbonyl (C=O) groups is 2. The van der Waals surface area contributed by atoms with Crippen molar-refractivity contribution in [2.24, 2.45) is 0 Å². The summed E-state index contributed by atoms with van der Waals surface area (Å²) < 4.78 is 5.70. The standard InChI is InChI=1S/C23H20N4O5S/c1-14(28)24-19-9-10-32-21-7-6-16(12-18(19)21)20-13-33-23(25-20)26-22(29)8-5-15-3-2-4-17(11-15)27(30)31/h2-8,11-13,19H,9-10H2,1H3,(H,24,28)(H,25,26,29)/b8-5+. The molecule has 0 radical (unpaired) electrons. The minimum absolute atomic E-state index is 0.0432. The van der Waals surface area contributed by atoms with Gasteiger partial charge in [0.15, 0.2) is 5.13 Å². The summed E-state index contributed by atoms with van der Waals surface area (Å²) in [7, 11) is 0. The van der Waals surface area contributed by atoms with Crippen molar-refractivity contribution in [3.8, 4) is 17.0 Å². The van der Waals surface area contributed by atoms with E-state index >= 15 is 0 Å². The zero-order chi connectivity index (χ0) is 23.4. The van der Waals surface area contributed by atoms with Gasteiger partial charge in [-0.15, -0.1) is 11.3 Å². The lowest BCUT2D eigenvalue weighted by Gasteiger charge is -2.26. The predicted octanol–water partition coefficient (Wildman–Crippen LogP) is 4.33. The normalized spacial score (nSPS) is 14.9. The van der Waals surface area contributed by atoms with Gasteiger partial charge in [0.25, 0.3) is 5.69 Å². The summed E-state index contributed by atoms with van der Waals surface area (Å²) in [5, 5.41) is 18.8. The van der Waals surface area contributed by atoms with Gasteiger partial charge in [0.2, 0.25) is 11.8 Å². The Morgan fingerprint density at radius 3 is 2.91 bits per heavy atom. The number of nitrogens with one attached hydrogen (secondary N) is 2. The molecular weight excluding hydrogens is 444 g/mol. The van der Waals surface area contributed by atoms with Crippen molar-refractivity contribution in [3.05, 3.63) is 75.2 Å². The highest BCUT2D eigenvalue weighted by Gasteiger charge is 2.23. The first-order valence-electron chi connectivity index (χ1n) is 10.1. The number of ether oxygens (including phenoxy) is 1. The third kappa shape index (κ3) is 5.42. The van der Waals surface area contributed by atoms with Crippen molar-refractivity contribution in [2.75, 3.05) is 11.9 Å². The Kier molecular flexibility index (Phi) is 6.45. The fourth-order valence-electron chi connectivity index (χ4n) is 3.47. The van der Waals surface area contributed by atoms with Crippen LogP contribution in [-0.2, 0) is 9.59 Å². The Labute approximate surface area is 193 Å². The van der Waals surface area contributed by atoms with Crippen molar-refractivity contribution in [1.29, 1.82) is 0 Å². The Bertz CT molecular complexity index is 1250. The minimum atomic E-state index is -0.486. The van der Waals surface area contributed by atoms with Crippen LogP contribution in [0.25, 0.3) is 17.3 Å². The van der Waals surface area contributed by atoms with Gasteiger partial charge in [0, 0.05) is 48.1 Å². The van der Waals surface area contributed by atoms with Crippen LogP contribution < -0.4 is 15.4 Å². The number of thiazole rings is 1. The zero-order valence-electron chi connectivity index (χ0n) is 17.6. The fourth-order valence-corrected chi connectivity index (χ4v) is 4.20. The predicted molar refractivity (Wildman–Crippen MR) is 125 cm³/mol. The van der Waals surface area contributed by atoms with Gasteiger partial charge in [-0.05, 0) is 29.8 Å². The smallest absolute Gasteiger partial charge is 0.270 e. The van der Waals surface area contributed by atoms with Crippen LogP contribution >= 0.6 is 11.3 Å². The average molecular weight is 465 g/mol. The number of carbonyl (C=O) groups excluding carboxylic acids is 2. The van der Waals surface area contributed by atoms with Crippen LogP contribution in [0.5, 0.6) is 5.75 Å². The highest BCUT2D eigenvalue weighted by molar-refractivity contribution is 7.14. The number of benzene rings is 2. The SMILES string of the molecule is CC(=O)NC1CCOc2ccc(-c3csc(NC(=O)/C=C/c4cccc([N+](=O)[O-])c4)n3)cc21. The topological polar surface area (TPSA) is 123 Å². The first-order chi connectivity index (χ1) is 15.9. The lowest BCUT2D eigenvalue weighted by Crippen LogP contribution is -2.30. The molecule has 2 amide bonds. The van der Waals surface area contributed by atoms with Gasteiger partial charge >= 0.3 is 0 Å². The molecule has 168 valence electrons. The molecule has 1 aliphatic rings. The third-order valence-electron chi connectivity index (χ3n) is 4.97. The first-order valence-corrected chi connectivity index (χ1v) is 11.0. The van der Waals surface area contributed by atoms with Crippen molar-refractivity contribution < 1.29 is 19.2 Å². The summed E-state index contributed by atoms with van der Waals surface area (Å²) in [5.74, 6) is 0.237. The summed E-state index contributed by atoms with van der Waals surface area (Å²) >= 11 is 1.28. The summed E-state index contributed by atoms with van der Waals surface area (Å²) in [4.78, 5) is 38.7. The molecule has 2 N–H and O–H groups in total. The molecule has 9 nitrogen and oxygen atoms in total. The van der Waals surface area contributed by atoms with E-state index in [0.29, 0.717) is 29.4 Å². The maximum Gasteiger partial charge on any atom is 0.270 e. The van der Waals surface area contributed by atoms with Gasteiger partial charge < -0.3 is 10.1 Å². The molecule has 0 fully saturated rings. The van der Waals surface area contributed by atoms with E-state index in [4.69, 9.17) is 4.74 Å². The molecule has 0 aliphatic carbocycles. The minimum Gasteiger partial charge on any atom is -0.493 e. The number of nitro groups is 1. The largest absolute Gasteiger partial charge is 0.493 e. The van der Waals surface area contributed by atoms with Crippen LogP contribution in [0, 0.1) is 10.1 Å². The number of hydrogen-bond acceptors (Lipinski definition) is 7. The number of nitrogens with zero attached hydrogens (tertiary/aromatic N) is 2. The van der Waals surface area contributed by atoms with Crippen LogP contribution in [0.3, 0.4) is 0 Å². The van der Waals surface area contributed by atoms with E-state index in [1.807, 2.05) is 23.6 Å². The summed E-state index contributed by atoms with van der Waals surface area (Å²) in [6, 6.07) is 11.6. The van der Waals surface area contributed by atoms with Gasteiger partial charge in [-0.25, -0.2) is 4.98 Å². The molecule has 0 spiro atoms. The van der Waals surface area contributed by atoms with E-state index < -0.39 is 10.8 Å². The van der Waals surface area contributed by atoms with Crippen molar-refractivity contribution >= 4 is 40.0 Å². The number of anilines is 1. The number of amides is 2. The number of non-ortho nitro benzene ring substituents is 1. The molecule has 1 aliphatic heterocycles. The molecule has 2 aromatic carbocycles. The molecule has 4 rings (SSSR count). The van der Waals surface area contributed by atoms with E-state index in [-0.39, 0.29) is 17.6 Å². The van der Waals surface area contributed by atoms with Crippen molar-refractivity contribution in [1.82, 2.24) is 10.3 Å². The van der Waals surface area contributed by atoms with Crippen LogP contribution in [0.2, 0.25) is 0 Å². The molecule has 2 heterocycles. The highest BCUT2D eigenvalue weighted by atomic mass is 32.1. The maximum atomic E-state index is 12.3. The molecule has 0 saturated carbocycles. The van der Waals surface area contributed by atoms with Crippen LogP contribution in [-0.4, -0.2) is 28.3 Å². The summed E-state index contributed by atoms with van der Waals surface area (Å²) in [5.41, 5.74) is 2.93. The highest BCUT2D eigenvalue weighted by Crippen LogP contribution is 2.36. The van der Waals surface area contributed by atoms with E-state index in [1.165, 1.54) is 42.5 Å². The summed E-state index contributed by atoms with van der Waals surface area (Å²) in [6.07, 6.45) is 3.49. The van der Waals surface area contributed by atoms with E-state index in [0.717, 1.165) is 16.9 Å². The number of hydrogen-bond donors (Lipinski definition) is 2. The van der Waals surface area contributed by atoms with Gasteiger partial charge in [-0.3, -0.25) is 25.0 Å². The Morgan fingerprint density at radius 1 is 1.27 bits per heavy atom. The Hall–Kier alpha value is -4.05. The second-order valence-corrected chi connectivity index (χ2v) is 8.21. The van der Waals surface area contributed by atoms with Crippen molar-refractivity contribution in [2.45, 2.75) is 19.4 Å². The molecule has 3 aromatic rings. The molecular formula is C23H20N4O5S. The van der Waals surface area contributed by atoms with Gasteiger partial charge in [0.1, 0.15) is 5.75 Å². The zero-order valence-corrected chi connectivity index (χ0v) is 18.4. The van der Waals surface area contributed by atoms with E-state index in [1.54, 1.807) is 12.1 Å². The summed E-state index contributed by atoms with van der Waals surface area (Å²) in [6.45, 7) is 2.02. The molecule has 1 atom stereocenters. The molecule has 1 aromatic heterocycles. The number of rotatable bonds is 6. The molecule has 33 heavy (non-hydrogen) atoms. The lowest BCUT2D eigenvalue weighted by atomic mass is 9.97. The van der Waals surface area contributed by atoms with Crippen molar-refractivity contribution in [3.63, 3.8) is 0 Å². The van der Waals surface area contributed by atoms with Crippen LogP contribution in [0.4, 0.5) is 10.8 Å². The molecule has 0 saturated heterocycles. The Morgan fingerprint density at radius 2 is 2.12 bits per heavy atom. The third-order valence-corrected chi connectivity index (χ3v) is 5.72. The van der Waals surface area contributed by atoms with Gasteiger partial charge in [0.05, 0.1) is 23.3 Å². The number of fused-ring (bicyclic) bond motifs is 1. The molecule has 0 bridgehead atoms. The second-order valence-electron chi connectivity index (χ2n) is 7.36. The Balaban J connectivity index is 1.46. The van der Waals surface area contributed by atoms with E-state index in [2.05, 4.69) is 15.6 Å². The van der Waals surface area contributed by atoms with E-state index in [9.17, 15) is 19.7 Å². The first kappa shape index (κ1) is 22.2. The molecule has 1 unspecified atom stereocenters. The van der Waals surface area contributed by atoms with Gasteiger partial charge in [-0.2, -0.15) is 0 Å². The fraction of sp³-hybridized carbons (Fsp3) is 0.174. The monoisotopic (exact) mass is 464 g/mol. The second kappa shape index (κ2) is 9.61. The van der Waals surface area contributed by atoms with Gasteiger partial charge in [-0.1, -0.05) is 12.1 Å². The maximum absolute atomic E-state index is 12.3. The molecule has 10 heteroatoms. The average Bonchev–Trinajstić information content (AvgIpc) is 3.26. The lowest BCUT2D eigenvalue weighted by molar-refractivity contribution is -0.384. The van der Waals surface area contributed by atoms with Crippen LogP contribution in [0.1, 0.15) is 30.5 Å². The number of nitro benzene ring substituents is 1. The van der Waals surface area contributed by atoms with Crippen LogP contribution in [0.15, 0.2) is 53.9 Å².